The minimum Gasteiger partial charge on any atom is -0.481 e. The largest absolute Gasteiger partial charge is 0.481 e. The van der Waals surface area contributed by atoms with Crippen LogP contribution in [0.5, 0.6) is 0 Å². The maximum Gasteiger partial charge on any atom is 0.304 e. The molecule has 1 fully saturated rings. The molecule has 0 spiro atoms. The van der Waals surface area contributed by atoms with Crippen molar-refractivity contribution in [2.75, 3.05) is 33.7 Å². The van der Waals surface area contributed by atoms with Crippen molar-refractivity contribution >= 4 is 29.1 Å². The number of aromatic nitrogens is 3. The summed E-state index contributed by atoms with van der Waals surface area (Å²) < 4.78 is 1.97. The lowest BCUT2D eigenvalue weighted by atomic mass is 9.80. The van der Waals surface area contributed by atoms with Gasteiger partial charge in [-0.15, -0.1) is 11.3 Å². The predicted octanol–water partition coefficient (Wildman–Crippen LogP) is 2.61. The molecule has 39 heavy (non-hydrogen) atoms. The van der Waals surface area contributed by atoms with Crippen molar-refractivity contribution in [1.29, 1.82) is 0 Å². The van der Waals surface area contributed by atoms with Crippen molar-refractivity contribution in [2.24, 2.45) is 5.41 Å². The van der Waals surface area contributed by atoms with Crippen LogP contribution in [-0.2, 0) is 33.8 Å². The summed E-state index contributed by atoms with van der Waals surface area (Å²) in [5, 5.41) is 19.8. The lowest BCUT2D eigenvalue weighted by Gasteiger charge is -2.32. The number of likely N-dealkylation sites (tertiary alicyclic amines) is 1. The Bertz CT molecular complexity index is 1330. The smallest absolute Gasteiger partial charge is 0.304 e. The maximum absolute atomic E-state index is 13.3. The number of hydrogen-bond donors (Lipinski definition) is 2. The minimum atomic E-state index is -0.983. The second-order valence-electron chi connectivity index (χ2n) is 10.8. The number of fused-ring (bicyclic) bond motifs is 1. The Morgan fingerprint density at radius 1 is 1.15 bits per heavy atom. The molecule has 1 aliphatic heterocycles. The minimum absolute atomic E-state index is 0.160. The van der Waals surface area contributed by atoms with E-state index < -0.39 is 11.4 Å². The highest BCUT2D eigenvalue weighted by atomic mass is 32.1. The summed E-state index contributed by atoms with van der Waals surface area (Å²) in [6.45, 7) is 2.12. The van der Waals surface area contributed by atoms with Crippen LogP contribution in [0.15, 0.2) is 42.0 Å². The third-order valence-corrected chi connectivity index (χ3v) is 8.49. The first-order chi connectivity index (χ1) is 18.7. The topological polar surface area (TPSA) is 121 Å². The summed E-state index contributed by atoms with van der Waals surface area (Å²) in [5.41, 5.74) is 2.79. The van der Waals surface area contributed by atoms with Gasteiger partial charge in [0.2, 0.25) is 11.8 Å². The van der Waals surface area contributed by atoms with Gasteiger partial charge in [0.1, 0.15) is 5.01 Å². The summed E-state index contributed by atoms with van der Waals surface area (Å²) in [6, 6.07) is 8.01. The lowest BCUT2D eigenvalue weighted by molar-refractivity contribution is -0.145. The van der Waals surface area contributed by atoms with Crippen LogP contribution in [0.4, 0.5) is 0 Å². The first-order valence-electron chi connectivity index (χ1n) is 13.2. The fraction of sp³-hybridized carbons (Fsp3) is 0.464. The van der Waals surface area contributed by atoms with Crippen molar-refractivity contribution in [2.45, 2.75) is 44.7 Å². The molecule has 1 aromatic carbocycles. The third kappa shape index (κ3) is 6.04. The number of rotatable bonds is 9. The van der Waals surface area contributed by atoms with Gasteiger partial charge in [0.15, 0.2) is 0 Å². The second-order valence-corrected chi connectivity index (χ2v) is 11.8. The zero-order valence-electron chi connectivity index (χ0n) is 22.3. The number of carbonyl (C=O) groups is 3. The number of thiazole rings is 1. The van der Waals surface area contributed by atoms with E-state index in [9.17, 15) is 19.5 Å². The van der Waals surface area contributed by atoms with E-state index in [0.29, 0.717) is 19.4 Å². The van der Waals surface area contributed by atoms with E-state index in [1.54, 1.807) is 6.20 Å². The van der Waals surface area contributed by atoms with Crippen LogP contribution < -0.4 is 5.32 Å². The second kappa shape index (κ2) is 11.3. The van der Waals surface area contributed by atoms with Crippen LogP contribution in [0.3, 0.4) is 0 Å². The number of likely N-dealkylation sites (N-methyl/N-ethyl adjacent to an activating group) is 1. The number of benzene rings is 1. The van der Waals surface area contributed by atoms with Crippen molar-refractivity contribution in [1.82, 2.24) is 29.9 Å². The van der Waals surface area contributed by atoms with Gasteiger partial charge in [-0.3, -0.25) is 19.1 Å². The molecule has 2 aliphatic rings. The molecule has 3 aromatic rings. The van der Waals surface area contributed by atoms with E-state index in [1.807, 2.05) is 64.4 Å². The third-order valence-electron chi connectivity index (χ3n) is 7.64. The molecule has 0 atom stereocenters. The molecule has 2 N–H and O–H groups in total. The van der Waals surface area contributed by atoms with Gasteiger partial charge in [-0.2, -0.15) is 5.10 Å². The molecule has 1 saturated heterocycles. The summed E-state index contributed by atoms with van der Waals surface area (Å²) in [7, 11) is 3.80. The lowest BCUT2D eigenvalue weighted by Crippen LogP contribution is -2.43. The molecule has 0 unspecified atom stereocenters. The molecule has 5 rings (SSSR count). The van der Waals surface area contributed by atoms with Crippen LogP contribution in [0.2, 0.25) is 0 Å². The number of carbonyl (C=O) groups excluding carboxylic acids is 2. The van der Waals surface area contributed by atoms with Crippen molar-refractivity contribution < 1.29 is 19.5 Å². The standard InChI is InChI=1S/C28H34N6O4S/c1-32(2)17-25(35)33-9-7-22(8-10-33)34-16-21(14-30-34)23-18-39-24(31-23)15-29-27(38)28(13-26(36)37)11-19-5-3-4-6-20(19)12-28/h3-6,14,16,18,22H,7-13,15,17H2,1-2H3,(H,29,38)(H,36,37). The molecular weight excluding hydrogens is 516 g/mol. The number of piperidine rings is 1. The zero-order valence-corrected chi connectivity index (χ0v) is 23.1. The molecule has 2 aromatic heterocycles. The van der Waals surface area contributed by atoms with Gasteiger partial charge in [0.25, 0.3) is 0 Å². The normalized spacial score (nSPS) is 16.8. The fourth-order valence-corrected chi connectivity index (χ4v) is 6.38. The Morgan fingerprint density at radius 3 is 2.49 bits per heavy atom. The maximum atomic E-state index is 13.3. The number of carboxylic acids is 1. The van der Waals surface area contributed by atoms with Crippen molar-refractivity contribution in [3.05, 3.63) is 58.2 Å². The summed E-state index contributed by atoms with van der Waals surface area (Å²) in [6.07, 6.45) is 6.15. The van der Waals surface area contributed by atoms with Gasteiger partial charge in [-0.1, -0.05) is 24.3 Å². The first-order valence-corrected chi connectivity index (χ1v) is 14.1. The average Bonchev–Trinajstić information content (AvgIpc) is 3.65. The van der Waals surface area contributed by atoms with Crippen LogP contribution in [0, 0.1) is 5.41 Å². The Kier molecular flexibility index (Phi) is 7.81. The molecule has 10 nitrogen and oxygen atoms in total. The van der Waals surface area contributed by atoms with Crippen LogP contribution in [-0.4, -0.2) is 81.2 Å². The molecule has 0 bridgehead atoms. The number of carboxylic acid groups (broad SMARTS) is 1. The monoisotopic (exact) mass is 550 g/mol. The van der Waals surface area contributed by atoms with E-state index in [-0.39, 0.29) is 30.8 Å². The Balaban J connectivity index is 1.18. The molecule has 3 heterocycles. The molecule has 0 radical (unpaired) electrons. The molecule has 206 valence electrons. The first kappa shape index (κ1) is 27.0. The van der Waals surface area contributed by atoms with E-state index in [4.69, 9.17) is 4.98 Å². The highest BCUT2D eigenvalue weighted by Gasteiger charge is 2.45. The number of hydrogen-bond acceptors (Lipinski definition) is 7. The average molecular weight is 551 g/mol. The van der Waals surface area contributed by atoms with Crippen LogP contribution >= 0.6 is 11.3 Å². The SMILES string of the molecule is CN(C)CC(=O)N1CCC(n2cc(-c3csc(CNC(=O)C4(CC(=O)O)Cc5ccccc5C4)n3)cn2)CC1. The van der Waals surface area contributed by atoms with Crippen molar-refractivity contribution in [3.8, 4) is 11.3 Å². The van der Waals surface area contributed by atoms with E-state index in [2.05, 4.69) is 10.4 Å². The Hall–Kier alpha value is -3.57. The molecule has 11 heteroatoms. The van der Waals surface area contributed by atoms with Crippen LogP contribution in [0.25, 0.3) is 11.3 Å². The molecule has 2 amide bonds. The quantitative estimate of drug-likeness (QED) is 0.420. The van der Waals surface area contributed by atoms with Gasteiger partial charge < -0.3 is 20.2 Å². The van der Waals surface area contributed by atoms with Gasteiger partial charge >= 0.3 is 5.97 Å². The number of nitrogens with one attached hydrogen (secondary N) is 1. The van der Waals surface area contributed by atoms with E-state index >= 15 is 0 Å². The van der Waals surface area contributed by atoms with Crippen LogP contribution in [0.1, 0.15) is 41.4 Å². The number of amides is 2. The highest BCUT2D eigenvalue weighted by molar-refractivity contribution is 7.09. The fourth-order valence-electron chi connectivity index (χ4n) is 5.64. The van der Waals surface area contributed by atoms with Gasteiger partial charge in [0, 0.05) is 30.2 Å². The Morgan fingerprint density at radius 2 is 1.85 bits per heavy atom. The highest BCUT2D eigenvalue weighted by Crippen LogP contribution is 2.40. The molecule has 0 saturated carbocycles. The van der Waals surface area contributed by atoms with Crippen molar-refractivity contribution in [3.63, 3.8) is 0 Å². The van der Waals surface area contributed by atoms with Gasteiger partial charge in [0.05, 0.1) is 42.9 Å². The summed E-state index contributed by atoms with van der Waals surface area (Å²) in [4.78, 5) is 45.8. The molecular formula is C28H34N6O4S. The Labute approximate surface area is 231 Å². The number of aliphatic carboxylic acids is 1. The van der Waals surface area contributed by atoms with Gasteiger partial charge in [-0.25, -0.2) is 4.98 Å². The summed E-state index contributed by atoms with van der Waals surface area (Å²) >= 11 is 1.45. The van der Waals surface area contributed by atoms with Gasteiger partial charge in [-0.05, 0) is 50.9 Å². The van der Waals surface area contributed by atoms with E-state index in [1.165, 1.54) is 11.3 Å². The number of nitrogens with zero attached hydrogens (tertiary/aromatic N) is 5. The summed E-state index contributed by atoms with van der Waals surface area (Å²) in [5.74, 6) is -1.06. The predicted molar refractivity (Wildman–Crippen MR) is 147 cm³/mol. The van der Waals surface area contributed by atoms with E-state index in [0.717, 1.165) is 53.3 Å². The molecule has 1 aliphatic carbocycles. The zero-order chi connectivity index (χ0) is 27.6.